The summed E-state index contributed by atoms with van der Waals surface area (Å²) in [5.74, 6) is -0.820. The van der Waals surface area contributed by atoms with E-state index in [1.807, 2.05) is 25.1 Å². The average molecular weight is 249 g/mol. The van der Waals surface area contributed by atoms with Crippen LogP contribution in [0.3, 0.4) is 0 Å². The molecule has 2 N–H and O–H groups in total. The molecule has 0 bridgehead atoms. The van der Waals surface area contributed by atoms with E-state index in [1.54, 1.807) is 0 Å². The summed E-state index contributed by atoms with van der Waals surface area (Å²) in [6.45, 7) is 3.21. The Morgan fingerprint density at radius 2 is 2.22 bits per heavy atom. The van der Waals surface area contributed by atoms with Crippen LogP contribution in [0.1, 0.15) is 18.9 Å². The van der Waals surface area contributed by atoms with Crippen LogP contribution in [0.25, 0.3) is 0 Å². The third-order valence-electron chi connectivity index (χ3n) is 3.45. The van der Waals surface area contributed by atoms with Gasteiger partial charge >= 0.3 is 5.97 Å². The van der Waals surface area contributed by atoms with E-state index in [2.05, 4.69) is 17.4 Å². The van der Waals surface area contributed by atoms with Crippen LogP contribution in [0.2, 0.25) is 0 Å². The van der Waals surface area contributed by atoms with Gasteiger partial charge < -0.3 is 15.2 Å². The highest BCUT2D eigenvalue weighted by Crippen LogP contribution is 2.25. The summed E-state index contributed by atoms with van der Waals surface area (Å²) in [6, 6.07) is 10.1. The Morgan fingerprint density at radius 3 is 2.89 bits per heavy atom. The fourth-order valence-electron chi connectivity index (χ4n) is 2.45. The highest BCUT2D eigenvalue weighted by atomic mass is 16.5. The molecule has 98 valence electrons. The first-order valence-corrected chi connectivity index (χ1v) is 6.23. The van der Waals surface area contributed by atoms with E-state index < -0.39 is 11.6 Å². The molecule has 0 spiro atoms. The van der Waals surface area contributed by atoms with Gasteiger partial charge in [0.2, 0.25) is 0 Å². The second-order valence-corrected chi connectivity index (χ2v) is 4.93. The molecular weight excluding hydrogens is 230 g/mol. The van der Waals surface area contributed by atoms with Gasteiger partial charge in [-0.25, -0.2) is 0 Å². The van der Waals surface area contributed by atoms with Gasteiger partial charge in [-0.3, -0.25) is 4.79 Å². The fraction of sp³-hybridized carbons (Fsp3) is 0.500. The minimum absolute atomic E-state index is 0.0253. The van der Waals surface area contributed by atoms with E-state index in [4.69, 9.17) is 9.84 Å². The van der Waals surface area contributed by atoms with Gasteiger partial charge in [0, 0.05) is 12.6 Å². The van der Waals surface area contributed by atoms with Gasteiger partial charge in [0.25, 0.3) is 0 Å². The van der Waals surface area contributed by atoms with Gasteiger partial charge in [0.1, 0.15) is 0 Å². The number of rotatable bonds is 4. The highest BCUT2D eigenvalue weighted by Gasteiger charge is 2.39. The van der Waals surface area contributed by atoms with Crippen LogP contribution >= 0.6 is 0 Å². The van der Waals surface area contributed by atoms with Crippen LogP contribution < -0.4 is 5.32 Å². The molecule has 1 fully saturated rings. The zero-order chi connectivity index (χ0) is 13.0. The Bertz CT molecular complexity index is 407. The molecular formula is C14H19NO3. The normalized spacial score (nSPS) is 27.9. The van der Waals surface area contributed by atoms with Crippen molar-refractivity contribution < 1.29 is 14.6 Å². The molecule has 4 nitrogen and oxygen atoms in total. The Kier molecular flexibility index (Phi) is 3.99. The number of carboxylic acids is 1. The van der Waals surface area contributed by atoms with Crippen molar-refractivity contribution in [2.24, 2.45) is 0 Å². The number of hydrogen-bond donors (Lipinski definition) is 2. The highest BCUT2D eigenvalue weighted by molar-refractivity contribution is 5.68. The van der Waals surface area contributed by atoms with E-state index in [-0.39, 0.29) is 12.5 Å². The lowest BCUT2D eigenvalue weighted by Crippen LogP contribution is -2.58. The molecule has 2 atom stereocenters. The van der Waals surface area contributed by atoms with Gasteiger partial charge in [-0.15, -0.1) is 0 Å². The molecule has 1 aliphatic rings. The summed E-state index contributed by atoms with van der Waals surface area (Å²) >= 11 is 0. The largest absolute Gasteiger partial charge is 0.481 e. The van der Waals surface area contributed by atoms with E-state index >= 15 is 0 Å². The lowest BCUT2D eigenvalue weighted by Gasteiger charge is -2.41. The molecule has 2 rings (SSSR count). The van der Waals surface area contributed by atoms with Crippen LogP contribution in [0.4, 0.5) is 0 Å². The van der Waals surface area contributed by atoms with E-state index in [0.29, 0.717) is 6.61 Å². The smallest absolute Gasteiger partial charge is 0.306 e. The standard InChI is InChI=1S/C14H19NO3/c1-14(10-13(16)17)12(15-7-8-18-14)9-11-5-3-2-4-6-11/h2-6,12,15H,7-10H2,1H3,(H,16,17). The minimum atomic E-state index is -0.820. The first-order valence-electron chi connectivity index (χ1n) is 6.23. The molecule has 1 aromatic carbocycles. The fourth-order valence-corrected chi connectivity index (χ4v) is 2.45. The number of carbonyl (C=O) groups is 1. The lowest BCUT2D eigenvalue weighted by atomic mass is 9.86. The van der Waals surface area contributed by atoms with Crippen molar-refractivity contribution in [3.05, 3.63) is 35.9 Å². The van der Waals surface area contributed by atoms with Crippen molar-refractivity contribution in [2.75, 3.05) is 13.2 Å². The predicted molar refractivity (Wildman–Crippen MR) is 68.5 cm³/mol. The van der Waals surface area contributed by atoms with Gasteiger partial charge in [0.05, 0.1) is 18.6 Å². The van der Waals surface area contributed by atoms with Crippen LogP contribution in [-0.4, -0.2) is 35.9 Å². The molecule has 1 aromatic rings. The Labute approximate surface area is 107 Å². The van der Waals surface area contributed by atoms with E-state index in [0.717, 1.165) is 13.0 Å². The maximum absolute atomic E-state index is 11.0. The van der Waals surface area contributed by atoms with Gasteiger partial charge in [0.15, 0.2) is 0 Å². The van der Waals surface area contributed by atoms with Crippen molar-refractivity contribution in [3.63, 3.8) is 0 Å². The zero-order valence-electron chi connectivity index (χ0n) is 10.6. The van der Waals surface area contributed by atoms with Gasteiger partial charge in [-0.2, -0.15) is 0 Å². The summed E-state index contributed by atoms with van der Waals surface area (Å²) in [6.07, 6.45) is 0.808. The molecule has 0 aromatic heterocycles. The summed E-state index contributed by atoms with van der Waals surface area (Å²) < 4.78 is 5.72. The maximum Gasteiger partial charge on any atom is 0.306 e. The third-order valence-corrected chi connectivity index (χ3v) is 3.45. The molecule has 0 radical (unpaired) electrons. The zero-order valence-corrected chi connectivity index (χ0v) is 10.6. The first-order chi connectivity index (χ1) is 8.60. The summed E-state index contributed by atoms with van der Waals surface area (Å²) in [5.41, 5.74) is 0.553. The minimum Gasteiger partial charge on any atom is -0.481 e. The number of benzene rings is 1. The second-order valence-electron chi connectivity index (χ2n) is 4.93. The number of carboxylic acid groups (broad SMARTS) is 1. The van der Waals surface area contributed by atoms with Crippen molar-refractivity contribution in [1.82, 2.24) is 5.32 Å². The monoisotopic (exact) mass is 249 g/mol. The van der Waals surface area contributed by atoms with E-state index in [1.165, 1.54) is 5.56 Å². The first kappa shape index (κ1) is 13.1. The summed E-state index contributed by atoms with van der Waals surface area (Å²) in [7, 11) is 0. The second kappa shape index (κ2) is 5.50. The van der Waals surface area contributed by atoms with Gasteiger partial charge in [-0.1, -0.05) is 30.3 Å². The molecule has 2 unspecified atom stereocenters. The molecule has 1 saturated heterocycles. The summed E-state index contributed by atoms with van der Waals surface area (Å²) in [5, 5.41) is 12.4. The van der Waals surface area contributed by atoms with E-state index in [9.17, 15) is 4.79 Å². The molecule has 0 amide bonds. The molecule has 0 aliphatic carbocycles. The molecule has 1 aliphatic heterocycles. The SMILES string of the molecule is CC1(CC(=O)O)OCCNC1Cc1ccccc1. The Hall–Kier alpha value is -1.39. The van der Waals surface area contributed by atoms with Crippen LogP contribution in [0, 0.1) is 0 Å². The van der Waals surface area contributed by atoms with Crippen LogP contribution in [0.15, 0.2) is 30.3 Å². The van der Waals surface area contributed by atoms with Crippen molar-refractivity contribution in [2.45, 2.75) is 31.4 Å². The Balaban J connectivity index is 2.10. The Morgan fingerprint density at radius 1 is 1.50 bits per heavy atom. The maximum atomic E-state index is 11.0. The van der Waals surface area contributed by atoms with Crippen molar-refractivity contribution in [1.29, 1.82) is 0 Å². The number of ether oxygens (including phenoxy) is 1. The van der Waals surface area contributed by atoms with Crippen molar-refractivity contribution in [3.8, 4) is 0 Å². The van der Waals surface area contributed by atoms with Crippen LogP contribution in [0.5, 0.6) is 0 Å². The third kappa shape index (κ3) is 3.09. The molecule has 18 heavy (non-hydrogen) atoms. The predicted octanol–water partition coefficient (Wildman–Crippen LogP) is 1.45. The average Bonchev–Trinajstić information content (AvgIpc) is 2.32. The number of hydrogen-bond acceptors (Lipinski definition) is 3. The van der Waals surface area contributed by atoms with Gasteiger partial charge in [-0.05, 0) is 18.9 Å². The number of nitrogens with one attached hydrogen (secondary N) is 1. The number of morpholine rings is 1. The van der Waals surface area contributed by atoms with Crippen molar-refractivity contribution >= 4 is 5.97 Å². The topological polar surface area (TPSA) is 58.6 Å². The van der Waals surface area contributed by atoms with Crippen LogP contribution in [-0.2, 0) is 16.0 Å². The molecule has 1 heterocycles. The quantitative estimate of drug-likeness (QED) is 0.848. The summed E-state index contributed by atoms with van der Waals surface area (Å²) in [4.78, 5) is 11.0. The molecule has 4 heteroatoms. The lowest BCUT2D eigenvalue weighted by molar-refractivity contribution is -0.150. The number of aliphatic carboxylic acids is 1. The molecule has 0 saturated carbocycles.